The van der Waals surface area contributed by atoms with Crippen LogP contribution >= 0.6 is 11.8 Å². The van der Waals surface area contributed by atoms with Crippen LogP contribution in [0.1, 0.15) is 34.0 Å². The van der Waals surface area contributed by atoms with Gasteiger partial charge >= 0.3 is 0 Å². The Morgan fingerprint density at radius 2 is 1.57 bits per heavy atom. The number of ether oxygens (including phenoxy) is 2. The summed E-state index contributed by atoms with van der Waals surface area (Å²) in [5.74, 6) is -0.0393. The summed E-state index contributed by atoms with van der Waals surface area (Å²) in [6.07, 6.45) is 1.55. The molecule has 0 saturated heterocycles. The average molecular weight is 610 g/mol. The Morgan fingerprint density at radius 3 is 2.30 bits per heavy atom. The smallest absolute Gasteiger partial charge is 0.272 e. The highest BCUT2D eigenvalue weighted by molar-refractivity contribution is 8.00. The summed E-state index contributed by atoms with van der Waals surface area (Å²) in [4.78, 5) is 40.4. The molecular weight excluding hydrogens is 574 g/mol. The third kappa shape index (κ3) is 8.29. The molecule has 8 nitrogen and oxygen atoms in total. The van der Waals surface area contributed by atoms with Crippen LogP contribution in [-0.4, -0.2) is 37.2 Å². The number of nitrogens with one attached hydrogen (secondary N) is 3. The van der Waals surface area contributed by atoms with Crippen LogP contribution in [0.4, 0.5) is 11.4 Å². The zero-order valence-electron chi connectivity index (χ0n) is 25.3. The third-order valence-corrected chi connectivity index (χ3v) is 8.00. The van der Waals surface area contributed by atoms with Gasteiger partial charge in [-0.2, -0.15) is 0 Å². The molecule has 4 rings (SSSR count). The van der Waals surface area contributed by atoms with Gasteiger partial charge in [0.25, 0.3) is 11.8 Å². The van der Waals surface area contributed by atoms with E-state index in [1.54, 1.807) is 73.8 Å². The van der Waals surface area contributed by atoms with Crippen LogP contribution in [0, 0.1) is 13.8 Å². The van der Waals surface area contributed by atoms with E-state index in [1.165, 1.54) is 18.9 Å². The summed E-state index contributed by atoms with van der Waals surface area (Å²) in [6.45, 7) is 5.81. The molecule has 4 aromatic carbocycles. The lowest BCUT2D eigenvalue weighted by Gasteiger charge is -2.16. The summed E-state index contributed by atoms with van der Waals surface area (Å²) < 4.78 is 10.8. The minimum absolute atomic E-state index is 0.0154. The quantitative estimate of drug-likeness (QED) is 0.127. The molecule has 9 heteroatoms. The summed E-state index contributed by atoms with van der Waals surface area (Å²) >= 11 is 1.37. The Morgan fingerprint density at radius 1 is 0.818 bits per heavy atom. The van der Waals surface area contributed by atoms with Crippen LogP contribution in [0.2, 0.25) is 0 Å². The molecule has 0 saturated carbocycles. The van der Waals surface area contributed by atoms with E-state index in [4.69, 9.17) is 9.47 Å². The first kappa shape index (κ1) is 31.9. The minimum atomic E-state index is -0.532. The van der Waals surface area contributed by atoms with E-state index >= 15 is 0 Å². The van der Waals surface area contributed by atoms with Crippen molar-refractivity contribution in [3.63, 3.8) is 0 Å². The fourth-order valence-electron chi connectivity index (χ4n) is 4.26. The molecule has 0 aliphatic rings. The highest BCUT2D eigenvalue weighted by Crippen LogP contribution is 2.29. The van der Waals surface area contributed by atoms with Gasteiger partial charge in [-0.05, 0) is 86.5 Å². The standard InChI is InChI=1S/C35H35N3O5S/c1-22-11-9-16-30(23(22)2)37-33(39)24(3)44-29-15-10-14-27(20-29)36-35(41)31(38-34(40)25-12-7-6-8-13-25)19-26-17-18-28(42-4)21-32(26)43-5/h6-21,24H,1-5H3,(H,36,41)(H,37,39)(H,38,40)/b31-19+. The van der Waals surface area contributed by atoms with Gasteiger partial charge in [-0.25, -0.2) is 0 Å². The van der Waals surface area contributed by atoms with Crippen molar-refractivity contribution in [2.75, 3.05) is 24.9 Å². The fraction of sp³-hybridized carbons (Fsp3) is 0.171. The van der Waals surface area contributed by atoms with Crippen molar-refractivity contribution in [1.29, 1.82) is 0 Å². The van der Waals surface area contributed by atoms with Crippen molar-refractivity contribution in [2.24, 2.45) is 0 Å². The van der Waals surface area contributed by atoms with Crippen molar-refractivity contribution in [2.45, 2.75) is 30.9 Å². The molecule has 0 aromatic heterocycles. The number of amides is 3. The minimum Gasteiger partial charge on any atom is -0.497 e. The number of thioether (sulfide) groups is 1. The molecule has 0 aliphatic heterocycles. The van der Waals surface area contributed by atoms with Crippen LogP contribution in [0.5, 0.6) is 11.5 Å². The summed E-state index contributed by atoms with van der Waals surface area (Å²) in [5.41, 5.74) is 4.40. The number of benzene rings is 4. The lowest BCUT2D eigenvalue weighted by Crippen LogP contribution is -2.30. The van der Waals surface area contributed by atoms with Crippen LogP contribution in [0.15, 0.2) is 102 Å². The molecule has 0 spiro atoms. The summed E-state index contributed by atoms with van der Waals surface area (Å²) in [5, 5.41) is 8.22. The van der Waals surface area contributed by atoms with Crippen LogP contribution in [0.25, 0.3) is 6.08 Å². The summed E-state index contributed by atoms with van der Waals surface area (Å²) in [7, 11) is 3.06. The van der Waals surface area contributed by atoms with Crippen molar-refractivity contribution >= 4 is 46.9 Å². The van der Waals surface area contributed by atoms with Crippen molar-refractivity contribution in [1.82, 2.24) is 5.32 Å². The van der Waals surface area contributed by atoms with E-state index < -0.39 is 17.1 Å². The van der Waals surface area contributed by atoms with Gasteiger partial charge in [0.2, 0.25) is 5.91 Å². The Kier molecular flexibility index (Phi) is 10.8. The molecule has 4 aromatic rings. The number of anilines is 2. The largest absolute Gasteiger partial charge is 0.497 e. The highest BCUT2D eigenvalue weighted by Gasteiger charge is 2.19. The highest BCUT2D eigenvalue weighted by atomic mass is 32.2. The molecule has 0 radical (unpaired) electrons. The van der Waals surface area contributed by atoms with Gasteiger partial charge in [-0.1, -0.05) is 36.4 Å². The number of rotatable bonds is 11. The number of carbonyl (C=O) groups excluding carboxylic acids is 3. The predicted molar refractivity (Wildman–Crippen MR) is 176 cm³/mol. The van der Waals surface area contributed by atoms with Gasteiger partial charge in [0.1, 0.15) is 17.2 Å². The Hall–Kier alpha value is -5.02. The molecule has 226 valence electrons. The lowest BCUT2D eigenvalue weighted by molar-refractivity contribution is -0.115. The molecular formula is C35H35N3O5S. The molecule has 3 N–H and O–H groups in total. The normalized spacial score (nSPS) is 11.7. The first-order valence-corrected chi connectivity index (χ1v) is 14.8. The topological polar surface area (TPSA) is 106 Å². The average Bonchev–Trinajstić information content (AvgIpc) is 3.03. The third-order valence-electron chi connectivity index (χ3n) is 6.91. The number of hydrogen-bond donors (Lipinski definition) is 3. The molecule has 1 unspecified atom stereocenters. The first-order valence-electron chi connectivity index (χ1n) is 13.9. The maximum atomic E-state index is 13.6. The van der Waals surface area contributed by atoms with Crippen molar-refractivity contribution in [3.05, 3.63) is 119 Å². The van der Waals surface area contributed by atoms with Crippen LogP contribution < -0.4 is 25.4 Å². The maximum Gasteiger partial charge on any atom is 0.272 e. The molecule has 44 heavy (non-hydrogen) atoms. The molecule has 0 aliphatic carbocycles. The number of aryl methyl sites for hydroxylation is 1. The monoisotopic (exact) mass is 609 g/mol. The van der Waals surface area contributed by atoms with Crippen molar-refractivity contribution in [3.8, 4) is 11.5 Å². The van der Waals surface area contributed by atoms with Crippen LogP contribution in [0.3, 0.4) is 0 Å². The number of hydrogen-bond acceptors (Lipinski definition) is 6. The second kappa shape index (κ2) is 14.9. The van der Waals surface area contributed by atoms with E-state index in [1.807, 2.05) is 51.1 Å². The second-order valence-electron chi connectivity index (χ2n) is 9.96. The van der Waals surface area contributed by atoms with E-state index in [0.29, 0.717) is 28.3 Å². The predicted octanol–water partition coefficient (Wildman–Crippen LogP) is 6.85. The summed E-state index contributed by atoms with van der Waals surface area (Å²) in [6, 6.07) is 26.8. The Bertz CT molecular complexity index is 1690. The van der Waals surface area contributed by atoms with E-state index in [0.717, 1.165) is 21.7 Å². The fourth-order valence-corrected chi connectivity index (χ4v) is 5.19. The zero-order chi connectivity index (χ0) is 31.6. The van der Waals surface area contributed by atoms with Gasteiger partial charge in [-0.3, -0.25) is 14.4 Å². The molecule has 0 fully saturated rings. The second-order valence-corrected chi connectivity index (χ2v) is 11.4. The zero-order valence-corrected chi connectivity index (χ0v) is 26.1. The van der Waals surface area contributed by atoms with Gasteiger partial charge in [0, 0.05) is 33.5 Å². The first-order chi connectivity index (χ1) is 21.2. The Labute approximate surface area is 261 Å². The van der Waals surface area contributed by atoms with Gasteiger partial charge in [0.15, 0.2) is 0 Å². The van der Waals surface area contributed by atoms with E-state index in [-0.39, 0.29) is 11.6 Å². The SMILES string of the molecule is COc1ccc(/C=C(/NC(=O)c2ccccc2)C(=O)Nc2cccc(SC(C)C(=O)Nc3cccc(C)c3C)c2)c(OC)c1. The van der Waals surface area contributed by atoms with Gasteiger partial charge in [0.05, 0.1) is 19.5 Å². The van der Waals surface area contributed by atoms with Gasteiger partial charge in [-0.15, -0.1) is 11.8 Å². The molecule has 0 heterocycles. The maximum absolute atomic E-state index is 13.6. The van der Waals surface area contributed by atoms with Crippen molar-refractivity contribution < 1.29 is 23.9 Å². The van der Waals surface area contributed by atoms with Gasteiger partial charge < -0.3 is 25.4 Å². The number of methoxy groups -OCH3 is 2. The molecule has 1 atom stereocenters. The Balaban J connectivity index is 1.53. The van der Waals surface area contributed by atoms with E-state index in [2.05, 4.69) is 16.0 Å². The van der Waals surface area contributed by atoms with E-state index in [9.17, 15) is 14.4 Å². The lowest BCUT2D eigenvalue weighted by atomic mass is 10.1. The number of carbonyl (C=O) groups is 3. The molecule has 3 amide bonds. The molecule has 0 bridgehead atoms. The van der Waals surface area contributed by atoms with Crippen LogP contribution in [-0.2, 0) is 9.59 Å².